The lowest BCUT2D eigenvalue weighted by atomic mass is 10.2. The van der Waals surface area contributed by atoms with Gasteiger partial charge in [-0.1, -0.05) is 12.2 Å². The van der Waals surface area contributed by atoms with Gasteiger partial charge in [0.25, 0.3) is 0 Å². The third kappa shape index (κ3) is 5.63. The second-order valence-corrected chi connectivity index (χ2v) is 6.58. The molecule has 8 nitrogen and oxygen atoms in total. The van der Waals surface area contributed by atoms with Crippen LogP contribution in [0.1, 0.15) is 24.8 Å². The zero-order valence-electron chi connectivity index (χ0n) is 14.6. The molecule has 1 aromatic rings. The van der Waals surface area contributed by atoms with Crippen LogP contribution in [0.3, 0.4) is 0 Å². The highest BCUT2D eigenvalue weighted by molar-refractivity contribution is 7.80. The highest BCUT2D eigenvalue weighted by atomic mass is 32.1. The van der Waals surface area contributed by atoms with Gasteiger partial charge in [0.15, 0.2) is 0 Å². The van der Waals surface area contributed by atoms with Crippen LogP contribution in [0.5, 0.6) is 5.88 Å². The number of ether oxygens (including phenoxy) is 1. The van der Waals surface area contributed by atoms with Crippen molar-refractivity contribution in [2.75, 3.05) is 33.2 Å². The fourth-order valence-corrected chi connectivity index (χ4v) is 3.15. The third-order valence-corrected chi connectivity index (χ3v) is 4.77. The minimum atomic E-state index is -2.19. The second kappa shape index (κ2) is 9.44. The molecule has 2 aliphatic heterocycles. The number of hydrogen-bond donors (Lipinski definition) is 0. The van der Waals surface area contributed by atoms with Crippen LogP contribution in [-0.4, -0.2) is 71.0 Å². The third-order valence-electron chi connectivity index (χ3n) is 4.24. The quantitative estimate of drug-likeness (QED) is 0.454. The minimum Gasteiger partial charge on any atom is -0.543 e. The van der Waals surface area contributed by atoms with E-state index < -0.39 is 11.9 Å². The Bertz CT molecular complexity index is 652. The molecule has 1 unspecified atom stereocenters. The number of carboxylic acids is 2. The van der Waals surface area contributed by atoms with Crippen LogP contribution < -0.4 is 14.9 Å². The van der Waals surface area contributed by atoms with Crippen molar-refractivity contribution in [1.29, 1.82) is 0 Å². The molecule has 142 valence electrons. The zero-order valence-corrected chi connectivity index (χ0v) is 15.4. The molecule has 0 radical (unpaired) electrons. The van der Waals surface area contributed by atoms with E-state index in [4.69, 9.17) is 36.8 Å². The predicted molar refractivity (Wildman–Crippen MR) is 93.3 cm³/mol. The first-order valence-electron chi connectivity index (χ1n) is 8.40. The van der Waals surface area contributed by atoms with E-state index in [9.17, 15) is 0 Å². The Labute approximate surface area is 157 Å². The van der Waals surface area contributed by atoms with Gasteiger partial charge in [-0.25, -0.2) is 4.98 Å². The summed E-state index contributed by atoms with van der Waals surface area (Å²) in [6.07, 6.45) is 5.63. The maximum absolute atomic E-state index is 8.93. The Morgan fingerprint density at radius 2 is 1.96 bits per heavy atom. The van der Waals surface area contributed by atoms with Gasteiger partial charge in [-0.05, 0) is 44.5 Å². The predicted octanol–water partition coefficient (Wildman–Crippen LogP) is -1.58. The van der Waals surface area contributed by atoms with Gasteiger partial charge in [0.2, 0.25) is 5.88 Å². The molecular weight excluding hydrogens is 358 g/mol. The van der Waals surface area contributed by atoms with Gasteiger partial charge in [-0.2, -0.15) is 0 Å². The molecule has 3 heterocycles. The van der Waals surface area contributed by atoms with Crippen molar-refractivity contribution < 1.29 is 24.5 Å². The van der Waals surface area contributed by atoms with E-state index >= 15 is 0 Å². The highest BCUT2D eigenvalue weighted by Gasteiger charge is 2.25. The Kier molecular flexibility index (Phi) is 7.28. The maximum atomic E-state index is 8.93. The molecule has 26 heavy (non-hydrogen) atoms. The summed E-state index contributed by atoms with van der Waals surface area (Å²) in [4.78, 5) is 27.7. The van der Waals surface area contributed by atoms with Crippen molar-refractivity contribution in [2.45, 2.75) is 25.4 Å². The number of aliphatic carboxylic acids is 2. The SMILES string of the molecule is CN1CC(CCN2CCCC2)Oc2ncccc2C1=S.O=C([O-])C(=O)[O-]. The first-order chi connectivity index (χ1) is 12.4. The van der Waals surface area contributed by atoms with E-state index in [0.29, 0.717) is 5.88 Å². The van der Waals surface area contributed by atoms with E-state index in [0.717, 1.165) is 30.1 Å². The summed E-state index contributed by atoms with van der Waals surface area (Å²) in [5, 5.41) is 17.9. The molecule has 1 fully saturated rings. The number of fused-ring (bicyclic) bond motifs is 1. The summed E-state index contributed by atoms with van der Waals surface area (Å²) < 4.78 is 6.09. The van der Waals surface area contributed by atoms with Crippen molar-refractivity contribution in [3.63, 3.8) is 0 Å². The number of aromatic nitrogens is 1. The van der Waals surface area contributed by atoms with Crippen LogP contribution in [0.4, 0.5) is 0 Å². The van der Waals surface area contributed by atoms with E-state index in [1.165, 1.54) is 25.9 Å². The Morgan fingerprint density at radius 1 is 1.31 bits per heavy atom. The lowest BCUT2D eigenvalue weighted by Gasteiger charge is -2.23. The first kappa shape index (κ1) is 20.1. The van der Waals surface area contributed by atoms with Gasteiger partial charge < -0.3 is 34.3 Å². The molecule has 0 aliphatic carbocycles. The zero-order chi connectivity index (χ0) is 19.1. The molecule has 1 aromatic heterocycles. The minimum absolute atomic E-state index is 0.162. The summed E-state index contributed by atoms with van der Waals surface area (Å²) in [5.41, 5.74) is 0.939. The number of carbonyl (C=O) groups is 2. The number of rotatable bonds is 3. The summed E-state index contributed by atoms with van der Waals surface area (Å²) in [6, 6.07) is 3.90. The summed E-state index contributed by atoms with van der Waals surface area (Å²) in [7, 11) is 2.04. The number of thiocarbonyl (C=S) groups is 1. The van der Waals surface area contributed by atoms with Gasteiger partial charge >= 0.3 is 0 Å². The molecule has 1 atom stereocenters. The number of nitrogens with zero attached hydrogens (tertiary/aromatic N) is 3. The summed E-state index contributed by atoms with van der Waals surface area (Å²) in [6.45, 7) is 4.40. The number of pyridine rings is 1. The second-order valence-electron chi connectivity index (χ2n) is 6.19. The summed E-state index contributed by atoms with van der Waals surface area (Å²) >= 11 is 5.51. The van der Waals surface area contributed by atoms with Crippen molar-refractivity contribution in [2.24, 2.45) is 0 Å². The van der Waals surface area contributed by atoms with Gasteiger partial charge in [0, 0.05) is 19.8 Å². The molecule has 0 spiro atoms. The molecule has 0 N–H and O–H groups in total. The molecule has 0 amide bonds. The number of carboxylic acid groups (broad SMARTS) is 2. The van der Waals surface area contributed by atoms with E-state index in [1.54, 1.807) is 6.20 Å². The van der Waals surface area contributed by atoms with Crippen LogP contribution in [-0.2, 0) is 9.59 Å². The lowest BCUT2D eigenvalue weighted by Crippen LogP contribution is -2.42. The smallest absolute Gasteiger partial charge is 0.224 e. The number of likely N-dealkylation sites (N-methyl/N-ethyl adjacent to an activating group) is 1. The average Bonchev–Trinajstić information content (AvgIpc) is 3.09. The standard InChI is InChI=1S/C15H21N3OS.C2H2O4/c1-17-11-12(6-10-18-8-2-3-9-18)19-14-13(15(17)20)5-4-7-16-14;3-1(4)2(5)6/h4-5,7,12H,2-3,6,8-11H2,1H3;(H,3,4)(H,5,6)/p-2. The van der Waals surface area contributed by atoms with Crippen LogP contribution in [0, 0.1) is 0 Å². The monoisotopic (exact) mass is 379 g/mol. The molecule has 0 aromatic carbocycles. The van der Waals surface area contributed by atoms with Crippen molar-refractivity contribution >= 4 is 29.1 Å². The van der Waals surface area contributed by atoms with Crippen LogP contribution in [0.2, 0.25) is 0 Å². The molecule has 9 heteroatoms. The Morgan fingerprint density at radius 3 is 2.58 bits per heavy atom. The van der Waals surface area contributed by atoms with Crippen molar-refractivity contribution in [3.05, 3.63) is 23.9 Å². The van der Waals surface area contributed by atoms with Gasteiger partial charge in [-0.3, -0.25) is 0 Å². The van der Waals surface area contributed by atoms with Crippen LogP contribution >= 0.6 is 12.2 Å². The van der Waals surface area contributed by atoms with Crippen molar-refractivity contribution in [3.8, 4) is 5.88 Å². The Hall–Kier alpha value is -2.26. The average molecular weight is 379 g/mol. The normalized spacial score (nSPS) is 19.7. The molecule has 3 rings (SSSR count). The summed E-state index contributed by atoms with van der Waals surface area (Å²) in [5.74, 6) is -3.68. The van der Waals surface area contributed by atoms with Gasteiger partial charge in [0.1, 0.15) is 11.1 Å². The van der Waals surface area contributed by atoms with E-state index in [2.05, 4.69) is 14.8 Å². The first-order valence-corrected chi connectivity index (χ1v) is 8.81. The number of carbonyl (C=O) groups excluding carboxylic acids is 2. The number of hydrogen-bond acceptors (Lipinski definition) is 8. The highest BCUT2D eigenvalue weighted by Crippen LogP contribution is 2.23. The van der Waals surface area contributed by atoms with Gasteiger partial charge in [-0.15, -0.1) is 0 Å². The van der Waals surface area contributed by atoms with Crippen molar-refractivity contribution in [1.82, 2.24) is 14.8 Å². The molecule has 0 bridgehead atoms. The topological polar surface area (TPSA) is 109 Å². The Balaban J connectivity index is 0.000000352. The van der Waals surface area contributed by atoms with Gasteiger partial charge in [0.05, 0.1) is 24.0 Å². The fourth-order valence-electron chi connectivity index (χ4n) is 2.92. The molecule has 0 saturated carbocycles. The van der Waals surface area contributed by atoms with Crippen LogP contribution in [0.25, 0.3) is 0 Å². The molecular formula is C17H21N3O5S-2. The molecule has 1 saturated heterocycles. The van der Waals surface area contributed by atoms with E-state index in [-0.39, 0.29) is 6.10 Å². The largest absolute Gasteiger partial charge is 0.543 e. The van der Waals surface area contributed by atoms with Crippen LogP contribution in [0.15, 0.2) is 18.3 Å². The molecule has 2 aliphatic rings. The number of likely N-dealkylation sites (tertiary alicyclic amines) is 1. The lowest BCUT2D eigenvalue weighted by molar-refractivity contribution is -0.345. The van der Waals surface area contributed by atoms with E-state index in [1.807, 2.05) is 19.2 Å². The maximum Gasteiger partial charge on any atom is 0.224 e. The fraction of sp³-hybridized carbons (Fsp3) is 0.529.